The Balaban J connectivity index is 2.47. The molecule has 0 aliphatic rings. The average molecular weight is 379 g/mol. The van der Waals surface area contributed by atoms with E-state index in [1.165, 1.54) is 12.1 Å². The second-order valence-electron chi connectivity index (χ2n) is 4.13. The van der Waals surface area contributed by atoms with Crippen molar-refractivity contribution in [1.29, 1.82) is 0 Å². The molecule has 0 amide bonds. The van der Waals surface area contributed by atoms with Crippen LogP contribution < -0.4 is 5.32 Å². The lowest BCUT2D eigenvalue weighted by Gasteiger charge is -2.13. The van der Waals surface area contributed by atoms with Gasteiger partial charge in [0.2, 0.25) is 0 Å². The lowest BCUT2D eigenvalue weighted by Crippen LogP contribution is -2.04. The van der Waals surface area contributed by atoms with Crippen molar-refractivity contribution >= 4 is 50.6 Å². The molecule has 0 bridgehead atoms. The van der Waals surface area contributed by atoms with E-state index in [0.29, 0.717) is 38.9 Å². The van der Waals surface area contributed by atoms with Crippen LogP contribution in [-0.4, -0.2) is 9.97 Å². The van der Waals surface area contributed by atoms with Gasteiger partial charge in [-0.25, -0.2) is 14.4 Å². The fraction of sp³-hybridized carbons (Fsp3) is 0.231. The lowest BCUT2D eigenvalue weighted by atomic mass is 10.2. The van der Waals surface area contributed by atoms with Gasteiger partial charge in [0.05, 0.1) is 10.7 Å². The fourth-order valence-electron chi connectivity index (χ4n) is 1.59. The van der Waals surface area contributed by atoms with E-state index >= 15 is 0 Å². The summed E-state index contributed by atoms with van der Waals surface area (Å²) in [6.45, 7) is 3.74. The molecule has 0 aliphatic heterocycles. The third-order valence-corrected chi connectivity index (χ3v) is 3.99. The van der Waals surface area contributed by atoms with Gasteiger partial charge in [0.25, 0.3) is 0 Å². The Morgan fingerprint density at radius 1 is 1.30 bits per heavy atom. The number of halogens is 4. The zero-order valence-corrected chi connectivity index (χ0v) is 13.9. The molecule has 0 saturated carbocycles. The van der Waals surface area contributed by atoms with Crippen LogP contribution in [0.1, 0.15) is 18.3 Å². The largest absolute Gasteiger partial charge is 0.338 e. The molecule has 7 heteroatoms. The number of nitrogens with zero attached hydrogens (tertiary/aromatic N) is 2. The van der Waals surface area contributed by atoms with E-state index in [0.717, 1.165) is 0 Å². The quantitative estimate of drug-likeness (QED) is 0.736. The van der Waals surface area contributed by atoms with Gasteiger partial charge in [-0.1, -0.05) is 30.1 Å². The van der Waals surface area contributed by atoms with Gasteiger partial charge >= 0.3 is 0 Å². The van der Waals surface area contributed by atoms with Crippen LogP contribution in [0.15, 0.2) is 16.6 Å². The molecule has 2 rings (SSSR count). The first-order valence-corrected chi connectivity index (χ1v) is 7.41. The smallest absolute Gasteiger partial charge is 0.138 e. The minimum Gasteiger partial charge on any atom is -0.338 e. The molecular weight excluding hydrogens is 368 g/mol. The van der Waals surface area contributed by atoms with Crippen LogP contribution in [0.4, 0.5) is 15.9 Å². The van der Waals surface area contributed by atoms with Crippen molar-refractivity contribution in [3.63, 3.8) is 0 Å². The molecule has 0 atom stereocenters. The molecule has 1 N–H and O–H groups in total. The summed E-state index contributed by atoms with van der Waals surface area (Å²) in [6.07, 6.45) is 0.660. The van der Waals surface area contributed by atoms with Crippen LogP contribution in [-0.2, 0) is 6.42 Å². The molecule has 0 aliphatic carbocycles. The first-order valence-electron chi connectivity index (χ1n) is 5.87. The first-order chi connectivity index (χ1) is 9.42. The van der Waals surface area contributed by atoms with Gasteiger partial charge in [-0.2, -0.15) is 0 Å². The number of anilines is 2. The van der Waals surface area contributed by atoms with Gasteiger partial charge in [-0.3, -0.25) is 0 Å². The highest BCUT2D eigenvalue weighted by atomic mass is 79.9. The predicted octanol–water partition coefficient (Wildman–Crippen LogP) is 5.30. The summed E-state index contributed by atoms with van der Waals surface area (Å²) in [6, 6.07) is 2.56. The number of aryl methyl sites for hydroxylation is 1. The molecule has 1 heterocycles. The molecule has 0 unspecified atom stereocenters. The zero-order valence-electron chi connectivity index (χ0n) is 10.8. The fourth-order valence-corrected chi connectivity index (χ4v) is 2.68. The van der Waals surface area contributed by atoms with Crippen LogP contribution in [0.5, 0.6) is 0 Å². The Morgan fingerprint density at radius 2 is 2.00 bits per heavy atom. The number of aromatic nitrogens is 2. The maximum Gasteiger partial charge on any atom is 0.138 e. The van der Waals surface area contributed by atoms with Gasteiger partial charge in [-0.15, -0.1) is 0 Å². The standard InChI is InChI=1S/C13H11BrCl2FN3/c1-3-10-18-12(16)6(2)13(19-10)20-11-8(14)4-7(17)5-9(11)15/h4-5H,3H2,1-2H3,(H,18,19,20). The zero-order chi connectivity index (χ0) is 14.9. The number of hydrogen-bond acceptors (Lipinski definition) is 3. The molecule has 2 aromatic rings. The number of nitrogens with one attached hydrogen (secondary N) is 1. The van der Waals surface area contributed by atoms with Crippen molar-refractivity contribution in [2.75, 3.05) is 5.32 Å². The normalized spacial score (nSPS) is 10.7. The molecule has 106 valence electrons. The lowest BCUT2D eigenvalue weighted by molar-refractivity contribution is 0.627. The molecule has 0 radical (unpaired) electrons. The van der Waals surface area contributed by atoms with Crippen molar-refractivity contribution < 1.29 is 4.39 Å². The molecule has 0 spiro atoms. The van der Waals surface area contributed by atoms with Crippen molar-refractivity contribution in [3.8, 4) is 0 Å². The maximum absolute atomic E-state index is 13.2. The maximum atomic E-state index is 13.2. The van der Waals surface area contributed by atoms with Crippen molar-refractivity contribution in [2.24, 2.45) is 0 Å². The summed E-state index contributed by atoms with van der Waals surface area (Å²) < 4.78 is 13.7. The molecule has 3 nitrogen and oxygen atoms in total. The molecule has 1 aromatic heterocycles. The predicted molar refractivity (Wildman–Crippen MR) is 83.5 cm³/mol. The van der Waals surface area contributed by atoms with Gasteiger partial charge in [0.15, 0.2) is 0 Å². The SMILES string of the molecule is CCc1nc(Cl)c(C)c(Nc2c(Cl)cc(F)cc2Br)n1. The van der Waals surface area contributed by atoms with Crippen LogP contribution in [0.2, 0.25) is 10.2 Å². The number of benzene rings is 1. The highest BCUT2D eigenvalue weighted by Crippen LogP contribution is 2.35. The van der Waals surface area contributed by atoms with E-state index < -0.39 is 5.82 Å². The van der Waals surface area contributed by atoms with Crippen molar-refractivity contribution in [1.82, 2.24) is 9.97 Å². The van der Waals surface area contributed by atoms with Crippen molar-refractivity contribution in [2.45, 2.75) is 20.3 Å². The van der Waals surface area contributed by atoms with Gasteiger partial charge < -0.3 is 5.32 Å². The summed E-state index contributed by atoms with van der Waals surface area (Å²) in [5.74, 6) is 0.757. The van der Waals surface area contributed by atoms with E-state index in [1.807, 2.05) is 6.92 Å². The van der Waals surface area contributed by atoms with Crippen molar-refractivity contribution in [3.05, 3.63) is 44.0 Å². The summed E-state index contributed by atoms with van der Waals surface area (Å²) >= 11 is 15.4. The first kappa shape index (κ1) is 15.5. The monoisotopic (exact) mass is 377 g/mol. The van der Waals surface area contributed by atoms with Crippen LogP contribution >= 0.6 is 39.1 Å². The number of hydrogen-bond donors (Lipinski definition) is 1. The second kappa shape index (κ2) is 6.24. The molecule has 0 fully saturated rings. The molecule has 1 aromatic carbocycles. The molecule has 0 saturated heterocycles. The van der Waals surface area contributed by atoms with Crippen LogP contribution in [0.3, 0.4) is 0 Å². The van der Waals surface area contributed by atoms with E-state index in [9.17, 15) is 4.39 Å². The Hall–Kier alpha value is -0.910. The van der Waals surface area contributed by atoms with E-state index in [1.54, 1.807) is 6.92 Å². The number of rotatable bonds is 3. The third kappa shape index (κ3) is 3.22. The topological polar surface area (TPSA) is 37.8 Å². The average Bonchev–Trinajstić information content (AvgIpc) is 2.38. The minimum absolute atomic E-state index is 0.254. The summed E-state index contributed by atoms with van der Waals surface area (Å²) in [5, 5.41) is 3.71. The summed E-state index contributed by atoms with van der Waals surface area (Å²) in [4.78, 5) is 8.53. The van der Waals surface area contributed by atoms with E-state index in [2.05, 4.69) is 31.2 Å². The van der Waals surface area contributed by atoms with E-state index in [-0.39, 0.29) is 5.02 Å². The van der Waals surface area contributed by atoms with Gasteiger partial charge in [0, 0.05) is 16.5 Å². The summed E-state index contributed by atoms with van der Waals surface area (Å²) in [5.41, 5.74) is 1.24. The van der Waals surface area contributed by atoms with Gasteiger partial charge in [-0.05, 0) is 35.0 Å². The Morgan fingerprint density at radius 3 is 2.60 bits per heavy atom. The van der Waals surface area contributed by atoms with Gasteiger partial charge in [0.1, 0.15) is 22.6 Å². The Kier molecular flexibility index (Phi) is 4.83. The highest BCUT2D eigenvalue weighted by Gasteiger charge is 2.13. The third-order valence-electron chi connectivity index (χ3n) is 2.70. The highest BCUT2D eigenvalue weighted by molar-refractivity contribution is 9.10. The van der Waals surface area contributed by atoms with E-state index in [4.69, 9.17) is 23.2 Å². The molecule has 20 heavy (non-hydrogen) atoms. The second-order valence-corrected chi connectivity index (χ2v) is 5.75. The Labute approximate surface area is 134 Å². The molecular formula is C13H11BrCl2FN3. The summed E-state index contributed by atoms with van der Waals surface area (Å²) in [7, 11) is 0. The Bertz CT molecular complexity index is 641. The minimum atomic E-state index is -0.417. The van der Waals surface area contributed by atoms with Crippen LogP contribution in [0, 0.1) is 12.7 Å². The van der Waals surface area contributed by atoms with Crippen LogP contribution in [0.25, 0.3) is 0 Å².